The molecule has 0 atom stereocenters. The summed E-state index contributed by atoms with van der Waals surface area (Å²) in [6.45, 7) is 1.58. The number of aromatic nitrogens is 2. The van der Waals surface area contributed by atoms with E-state index in [1.54, 1.807) is 6.92 Å². The van der Waals surface area contributed by atoms with Crippen molar-refractivity contribution in [3.63, 3.8) is 0 Å². The molecule has 3 aromatic rings. The Labute approximate surface area is 146 Å². The first-order valence-corrected chi connectivity index (χ1v) is 7.60. The van der Waals surface area contributed by atoms with E-state index in [4.69, 9.17) is 4.74 Å². The van der Waals surface area contributed by atoms with Crippen molar-refractivity contribution in [2.24, 2.45) is 0 Å². The van der Waals surface area contributed by atoms with Crippen LogP contribution in [0.1, 0.15) is 17.3 Å². The molecule has 26 heavy (non-hydrogen) atoms. The molecule has 0 amide bonds. The molecule has 2 aromatic heterocycles. The lowest BCUT2D eigenvalue weighted by Gasteiger charge is -2.13. The minimum atomic E-state index is -0.986. The van der Waals surface area contributed by atoms with Gasteiger partial charge < -0.3 is 9.84 Å². The summed E-state index contributed by atoms with van der Waals surface area (Å²) in [5.74, 6) is -1.53. The van der Waals surface area contributed by atoms with E-state index in [0.29, 0.717) is 0 Å². The number of benzene rings is 1. The van der Waals surface area contributed by atoms with Crippen molar-refractivity contribution in [2.75, 3.05) is 6.61 Å². The Morgan fingerprint density at radius 3 is 2.81 bits per heavy atom. The molecule has 1 aromatic carbocycles. The predicted octanol–water partition coefficient (Wildman–Crippen LogP) is 2.18. The van der Waals surface area contributed by atoms with Gasteiger partial charge in [-0.2, -0.15) is 0 Å². The monoisotopic (exact) mass is 355 g/mol. The fraction of sp³-hybridized carbons (Fsp3) is 0.118. The van der Waals surface area contributed by atoms with E-state index in [1.165, 1.54) is 42.6 Å². The van der Waals surface area contributed by atoms with Crippen molar-refractivity contribution in [3.05, 3.63) is 68.6 Å². The molecule has 0 aliphatic rings. The van der Waals surface area contributed by atoms with Crippen LogP contribution in [0.4, 0.5) is 5.69 Å². The van der Waals surface area contributed by atoms with Gasteiger partial charge in [0, 0.05) is 18.3 Å². The molecular weight excluding hydrogens is 342 g/mol. The van der Waals surface area contributed by atoms with E-state index < -0.39 is 27.8 Å². The fourth-order valence-corrected chi connectivity index (χ4v) is 2.58. The smallest absolute Gasteiger partial charge is 0.347 e. The van der Waals surface area contributed by atoms with Crippen molar-refractivity contribution < 1.29 is 19.6 Å². The second kappa shape index (κ2) is 6.63. The maximum Gasteiger partial charge on any atom is 0.347 e. The number of ether oxygens (including phenoxy) is 1. The van der Waals surface area contributed by atoms with Gasteiger partial charge >= 0.3 is 5.97 Å². The molecule has 1 N–H and O–H groups in total. The Hall–Kier alpha value is -3.75. The number of hydrogen-bond acceptors (Lipinski definition) is 7. The lowest BCUT2D eigenvalue weighted by Crippen LogP contribution is -2.27. The Morgan fingerprint density at radius 2 is 2.12 bits per heavy atom. The Balaban J connectivity index is 2.42. The molecule has 0 aliphatic carbocycles. The predicted molar refractivity (Wildman–Crippen MR) is 91.6 cm³/mol. The summed E-state index contributed by atoms with van der Waals surface area (Å²) < 4.78 is 5.89. The average molecular weight is 355 g/mol. The summed E-state index contributed by atoms with van der Waals surface area (Å²) in [7, 11) is 0. The van der Waals surface area contributed by atoms with Gasteiger partial charge in [0.05, 0.1) is 22.6 Å². The maximum atomic E-state index is 12.9. The first-order chi connectivity index (χ1) is 12.5. The van der Waals surface area contributed by atoms with Gasteiger partial charge in [0.1, 0.15) is 5.75 Å². The number of aromatic hydroxyl groups is 1. The molecule has 0 spiro atoms. The van der Waals surface area contributed by atoms with Crippen molar-refractivity contribution in [2.45, 2.75) is 6.92 Å². The molecule has 2 heterocycles. The van der Waals surface area contributed by atoms with Crippen LogP contribution < -0.4 is 5.56 Å². The van der Waals surface area contributed by atoms with Gasteiger partial charge in [-0.1, -0.05) is 6.07 Å². The van der Waals surface area contributed by atoms with Crippen LogP contribution in [-0.2, 0) is 4.74 Å². The van der Waals surface area contributed by atoms with Crippen molar-refractivity contribution in [1.82, 2.24) is 9.55 Å². The molecular formula is C17H13N3O6. The number of esters is 1. The highest BCUT2D eigenvalue weighted by Gasteiger charge is 2.25. The van der Waals surface area contributed by atoms with Crippen molar-refractivity contribution in [1.29, 1.82) is 0 Å². The van der Waals surface area contributed by atoms with Gasteiger partial charge in [-0.15, -0.1) is 0 Å². The van der Waals surface area contributed by atoms with Crippen LogP contribution in [0.25, 0.3) is 16.7 Å². The van der Waals surface area contributed by atoms with E-state index in [2.05, 4.69) is 4.98 Å². The molecule has 0 fully saturated rings. The van der Waals surface area contributed by atoms with Crippen LogP contribution in [0.5, 0.6) is 5.75 Å². The molecule has 0 unspecified atom stereocenters. The first kappa shape index (κ1) is 17.1. The number of carbonyl (C=O) groups is 1. The van der Waals surface area contributed by atoms with Gasteiger partial charge in [0.15, 0.2) is 11.2 Å². The van der Waals surface area contributed by atoms with Gasteiger partial charge in [0.2, 0.25) is 0 Å². The summed E-state index contributed by atoms with van der Waals surface area (Å²) in [6.07, 6.45) is 1.40. The quantitative estimate of drug-likeness (QED) is 0.432. The normalized spacial score (nSPS) is 10.7. The second-order valence-electron chi connectivity index (χ2n) is 5.24. The zero-order valence-electron chi connectivity index (χ0n) is 13.6. The van der Waals surface area contributed by atoms with Gasteiger partial charge in [-0.05, 0) is 25.1 Å². The minimum Gasteiger partial charge on any atom is -0.506 e. The standard InChI is InChI=1S/C17H13N3O6/c1-2-26-17(23)13-14(21)12-7-4-8-18-15(12)19(16(13)22)10-5-3-6-11(9-10)20(24)25/h3-9,21H,2H2,1H3. The highest BCUT2D eigenvalue weighted by molar-refractivity contribution is 5.99. The van der Waals surface area contributed by atoms with E-state index in [0.717, 1.165) is 4.57 Å². The molecule has 0 bridgehead atoms. The van der Waals surface area contributed by atoms with Gasteiger partial charge in [-0.25, -0.2) is 9.78 Å². The summed E-state index contributed by atoms with van der Waals surface area (Å²) in [6, 6.07) is 8.34. The highest BCUT2D eigenvalue weighted by Crippen LogP contribution is 2.28. The lowest BCUT2D eigenvalue weighted by atomic mass is 10.1. The molecule has 0 aliphatic heterocycles. The third kappa shape index (κ3) is 2.75. The summed E-state index contributed by atoms with van der Waals surface area (Å²) in [5.41, 5.74) is -1.47. The first-order valence-electron chi connectivity index (χ1n) is 7.60. The Morgan fingerprint density at radius 1 is 1.35 bits per heavy atom. The lowest BCUT2D eigenvalue weighted by molar-refractivity contribution is -0.384. The SMILES string of the molecule is CCOC(=O)c1c(O)c2cccnc2n(-c2cccc([N+](=O)[O-])c2)c1=O. The molecule has 0 saturated heterocycles. The molecule has 9 heteroatoms. The number of pyridine rings is 2. The number of fused-ring (bicyclic) bond motifs is 1. The molecule has 9 nitrogen and oxygen atoms in total. The fourth-order valence-electron chi connectivity index (χ4n) is 2.58. The third-order valence-corrected chi connectivity index (χ3v) is 3.69. The van der Waals surface area contributed by atoms with Crippen molar-refractivity contribution >= 4 is 22.7 Å². The second-order valence-corrected chi connectivity index (χ2v) is 5.24. The molecule has 0 radical (unpaired) electrons. The maximum absolute atomic E-state index is 12.9. The average Bonchev–Trinajstić information content (AvgIpc) is 2.62. The number of nitro groups is 1. The largest absolute Gasteiger partial charge is 0.506 e. The summed E-state index contributed by atoms with van der Waals surface area (Å²) in [5, 5.41) is 21.6. The number of carbonyl (C=O) groups excluding carboxylic acids is 1. The van der Waals surface area contributed by atoms with Crippen LogP contribution >= 0.6 is 0 Å². The van der Waals surface area contributed by atoms with Gasteiger partial charge in [0.25, 0.3) is 11.2 Å². The van der Waals surface area contributed by atoms with Crippen LogP contribution in [0.3, 0.4) is 0 Å². The van der Waals surface area contributed by atoms with E-state index in [9.17, 15) is 24.8 Å². The number of nitro benzene ring substituents is 1. The van der Waals surface area contributed by atoms with E-state index >= 15 is 0 Å². The number of hydrogen-bond donors (Lipinski definition) is 1. The summed E-state index contributed by atoms with van der Waals surface area (Å²) in [4.78, 5) is 39.6. The molecule has 3 rings (SSSR count). The number of nitrogens with zero attached hydrogens (tertiary/aromatic N) is 3. The Bertz CT molecular complexity index is 1090. The van der Waals surface area contributed by atoms with Crippen LogP contribution in [0, 0.1) is 10.1 Å². The number of rotatable bonds is 4. The van der Waals surface area contributed by atoms with Crippen LogP contribution in [-0.4, -0.2) is 32.2 Å². The minimum absolute atomic E-state index is 0.0135. The zero-order chi connectivity index (χ0) is 18.8. The van der Waals surface area contributed by atoms with E-state index in [-0.39, 0.29) is 29.0 Å². The Kier molecular flexibility index (Phi) is 4.36. The third-order valence-electron chi connectivity index (χ3n) is 3.69. The number of non-ortho nitro benzene ring substituents is 1. The van der Waals surface area contributed by atoms with Gasteiger partial charge in [-0.3, -0.25) is 19.5 Å². The topological polar surface area (TPSA) is 125 Å². The zero-order valence-corrected chi connectivity index (χ0v) is 13.6. The van der Waals surface area contributed by atoms with Crippen LogP contribution in [0.15, 0.2) is 47.4 Å². The highest BCUT2D eigenvalue weighted by atomic mass is 16.6. The van der Waals surface area contributed by atoms with Crippen LogP contribution in [0.2, 0.25) is 0 Å². The molecule has 0 saturated carbocycles. The van der Waals surface area contributed by atoms with Crippen molar-refractivity contribution in [3.8, 4) is 11.4 Å². The van der Waals surface area contributed by atoms with E-state index in [1.807, 2.05) is 0 Å². The molecule has 132 valence electrons. The summed E-state index contributed by atoms with van der Waals surface area (Å²) >= 11 is 0.